The molecule has 2 amide bonds. The van der Waals surface area contributed by atoms with Crippen molar-refractivity contribution < 1.29 is 19.1 Å². The minimum atomic E-state index is -0.522. The van der Waals surface area contributed by atoms with Gasteiger partial charge in [0.1, 0.15) is 5.69 Å². The number of methoxy groups -OCH3 is 2. The Morgan fingerprint density at radius 1 is 1.17 bits per heavy atom. The largest absolute Gasteiger partial charge is 0.481 e. The molecule has 2 aliphatic heterocycles. The molecule has 2 aliphatic rings. The lowest BCUT2D eigenvalue weighted by Crippen LogP contribution is -2.38. The molecular formula is C20H23N5O4. The van der Waals surface area contributed by atoms with Gasteiger partial charge in [0.15, 0.2) is 0 Å². The zero-order valence-corrected chi connectivity index (χ0v) is 16.5. The quantitative estimate of drug-likeness (QED) is 0.746. The van der Waals surface area contributed by atoms with E-state index in [2.05, 4.69) is 15.0 Å². The van der Waals surface area contributed by atoms with Gasteiger partial charge in [-0.3, -0.25) is 14.6 Å². The van der Waals surface area contributed by atoms with Crippen molar-refractivity contribution in [1.29, 1.82) is 0 Å². The number of pyridine rings is 1. The van der Waals surface area contributed by atoms with Gasteiger partial charge in [0.2, 0.25) is 11.8 Å². The average molecular weight is 397 g/mol. The second-order valence-corrected chi connectivity index (χ2v) is 7.34. The molecule has 29 heavy (non-hydrogen) atoms. The predicted octanol–water partition coefficient (Wildman–Crippen LogP) is 1.15. The monoisotopic (exact) mass is 397 g/mol. The lowest BCUT2D eigenvalue weighted by molar-refractivity contribution is -0.135. The Kier molecular flexibility index (Phi) is 5.04. The van der Waals surface area contributed by atoms with Crippen molar-refractivity contribution in [2.45, 2.75) is 19.4 Å². The fraction of sp³-hybridized carbons (Fsp3) is 0.450. The third kappa shape index (κ3) is 3.59. The first kappa shape index (κ1) is 19.1. The van der Waals surface area contributed by atoms with Crippen molar-refractivity contribution in [2.24, 2.45) is 5.41 Å². The molecule has 9 nitrogen and oxygen atoms in total. The highest BCUT2D eigenvalue weighted by molar-refractivity contribution is 5.94. The molecule has 1 atom stereocenters. The SMILES string of the molecule is COc1cc(C(=O)N2CCC3(CCN(Cc4ccccn4)C3=O)C2)nc(OC)n1. The number of carbonyl (C=O) groups excluding carboxylic acids is 2. The van der Waals surface area contributed by atoms with Crippen LogP contribution in [-0.4, -0.2) is 70.4 Å². The van der Waals surface area contributed by atoms with Gasteiger partial charge in [0, 0.05) is 31.9 Å². The van der Waals surface area contributed by atoms with Gasteiger partial charge in [0.25, 0.3) is 5.91 Å². The first-order chi connectivity index (χ1) is 14.0. The molecule has 9 heteroatoms. The molecule has 0 aliphatic carbocycles. The molecule has 4 heterocycles. The van der Waals surface area contributed by atoms with Crippen LogP contribution in [0.2, 0.25) is 0 Å². The van der Waals surface area contributed by atoms with Crippen molar-refractivity contribution in [3.05, 3.63) is 41.9 Å². The van der Waals surface area contributed by atoms with Crippen LogP contribution in [0.5, 0.6) is 11.9 Å². The first-order valence-electron chi connectivity index (χ1n) is 9.50. The first-order valence-corrected chi connectivity index (χ1v) is 9.50. The molecule has 2 aromatic rings. The predicted molar refractivity (Wildman–Crippen MR) is 102 cm³/mol. The second kappa shape index (κ2) is 7.65. The highest BCUT2D eigenvalue weighted by atomic mass is 16.5. The summed E-state index contributed by atoms with van der Waals surface area (Å²) in [4.78, 5) is 42.1. The summed E-state index contributed by atoms with van der Waals surface area (Å²) in [7, 11) is 2.90. The van der Waals surface area contributed by atoms with Crippen molar-refractivity contribution in [1.82, 2.24) is 24.8 Å². The van der Waals surface area contributed by atoms with Crippen molar-refractivity contribution in [2.75, 3.05) is 33.9 Å². The Morgan fingerprint density at radius 2 is 2.00 bits per heavy atom. The summed E-state index contributed by atoms with van der Waals surface area (Å²) in [6.07, 6.45) is 3.11. The van der Waals surface area contributed by atoms with Gasteiger partial charge in [0.05, 0.1) is 31.9 Å². The highest BCUT2D eigenvalue weighted by Gasteiger charge is 2.51. The third-order valence-electron chi connectivity index (χ3n) is 5.61. The van der Waals surface area contributed by atoms with Crippen molar-refractivity contribution in [3.8, 4) is 11.9 Å². The summed E-state index contributed by atoms with van der Waals surface area (Å²) in [6, 6.07) is 7.24. The fourth-order valence-corrected chi connectivity index (χ4v) is 4.03. The number of hydrogen-bond acceptors (Lipinski definition) is 7. The molecule has 0 N–H and O–H groups in total. The van der Waals surface area contributed by atoms with Gasteiger partial charge >= 0.3 is 6.01 Å². The lowest BCUT2D eigenvalue weighted by atomic mass is 9.85. The van der Waals surface area contributed by atoms with Crippen molar-refractivity contribution in [3.63, 3.8) is 0 Å². The maximum atomic E-state index is 13.1. The highest BCUT2D eigenvalue weighted by Crippen LogP contribution is 2.41. The van der Waals surface area contributed by atoms with Crippen LogP contribution in [0.3, 0.4) is 0 Å². The Labute approximate surface area is 168 Å². The minimum absolute atomic E-state index is 0.0695. The molecule has 1 unspecified atom stereocenters. The van der Waals surface area contributed by atoms with E-state index in [0.717, 1.165) is 12.1 Å². The maximum Gasteiger partial charge on any atom is 0.320 e. The maximum absolute atomic E-state index is 13.1. The topological polar surface area (TPSA) is 97.8 Å². The number of likely N-dealkylation sites (tertiary alicyclic amines) is 2. The van der Waals surface area contributed by atoms with E-state index in [1.54, 1.807) is 11.1 Å². The van der Waals surface area contributed by atoms with E-state index in [-0.39, 0.29) is 29.4 Å². The van der Waals surface area contributed by atoms with E-state index in [1.165, 1.54) is 20.3 Å². The molecule has 2 aromatic heterocycles. The van der Waals surface area contributed by atoms with E-state index < -0.39 is 5.41 Å². The molecule has 0 aromatic carbocycles. The van der Waals surface area contributed by atoms with Crippen LogP contribution >= 0.6 is 0 Å². The summed E-state index contributed by atoms with van der Waals surface area (Å²) in [5, 5.41) is 0. The lowest BCUT2D eigenvalue weighted by Gasteiger charge is -2.23. The summed E-state index contributed by atoms with van der Waals surface area (Å²) < 4.78 is 10.2. The van der Waals surface area contributed by atoms with E-state index in [0.29, 0.717) is 32.6 Å². The molecule has 0 bridgehead atoms. The number of hydrogen-bond donors (Lipinski definition) is 0. The molecule has 0 saturated carbocycles. The number of aromatic nitrogens is 3. The molecular weight excluding hydrogens is 374 g/mol. The average Bonchev–Trinajstić information content (AvgIpc) is 3.33. The number of ether oxygens (including phenoxy) is 2. The number of amides is 2. The molecule has 4 rings (SSSR count). The zero-order chi connectivity index (χ0) is 20.4. The number of carbonyl (C=O) groups is 2. The Morgan fingerprint density at radius 3 is 2.72 bits per heavy atom. The van der Waals surface area contributed by atoms with Crippen LogP contribution in [0, 0.1) is 5.41 Å². The minimum Gasteiger partial charge on any atom is -0.481 e. The van der Waals surface area contributed by atoms with Gasteiger partial charge in [-0.15, -0.1) is 0 Å². The van der Waals surface area contributed by atoms with E-state index in [4.69, 9.17) is 9.47 Å². The fourth-order valence-electron chi connectivity index (χ4n) is 4.03. The Balaban J connectivity index is 1.47. The van der Waals surface area contributed by atoms with Gasteiger partial charge in [-0.25, -0.2) is 0 Å². The standard InChI is InChI=1S/C20H23N5O4/c1-28-16-11-15(22-19(23-16)29-2)17(26)25-10-7-20(13-25)6-9-24(18(20)27)12-14-5-3-4-8-21-14/h3-5,8,11H,6-7,9-10,12-13H2,1-2H3. The number of rotatable bonds is 5. The van der Waals surface area contributed by atoms with E-state index >= 15 is 0 Å². The Hall–Kier alpha value is -3.23. The van der Waals surface area contributed by atoms with Crippen LogP contribution in [0.4, 0.5) is 0 Å². The van der Waals surface area contributed by atoms with Crippen LogP contribution in [0.25, 0.3) is 0 Å². The van der Waals surface area contributed by atoms with Crippen molar-refractivity contribution >= 4 is 11.8 Å². The van der Waals surface area contributed by atoms with E-state index in [9.17, 15) is 9.59 Å². The summed E-state index contributed by atoms with van der Waals surface area (Å²) in [6.45, 7) is 2.07. The summed E-state index contributed by atoms with van der Waals surface area (Å²) in [5.41, 5.74) is 0.539. The van der Waals surface area contributed by atoms with Gasteiger partial charge in [-0.05, 0) is 25.0 Å². The van der Waals surface area contributed by atoms with Crippen LogP contribution in [-0.2, 0) is 11.3 Å². The Bertz CT molecular complexity index is 900. The van der Waals surface area contributed by atoms with Gasteiger partial charge in [-0.1, -0.05) is 6.07 Å². The van der Waals surface area contributed by atoms with Gasteiger partial charge < -0.3 is 19.3 Å². The zero-order valence-electron chi connectivity index (χ0n) is 16.5. The van der Waals surface area contributed by atoms with Crippen LogP contribution < -0.4 is 9.47 Å². The number of nitrogens with zero attached hydrogens (tertiary/aromatic N) is 5. The summed E-state index contributed by atoms with van der Waals surface area (Å²) in [5.74, 6) is 0.0979. The molecule has 2 fully saturated rings. The third-order valence-corrected chi connectivity index (χ3v) is 5.61. The second-order valence-electron chi connectivity index (χ2n) is 7.34. The normalized spacial score (nSPS) is 21.1. The molecule has 152 valence electrons. The van der Waals surface area contributed by atoms with Crippen LogP contribution in [0.1, 0.15) is 29.0 Å². The molecule has 1 spiro atoms. The van der Waals surface area contributed by atoms with E-state index in [1.807, 2.05) is 23.1 Å². The summed E-state index contributed by atoms with van der Waals surface area (Å²) >= 11 is 0. The molecule has 2 saturated heterocycles. The smallest absolute Gasteiger partial charge is 0.320 e. The molecule has 0 radical (unpaired) electrons. The van der Waals surface area contributed by atoms with Gasteiger partial charge in [-0.2, -0.15) is 9.97 Å². The van der Waals surface area contributed by atoms with Crippen LogP contribution in [0.15, 0.2) is 30.5 Å².